The number of carbonyl (C=O) groups excluding carboxylic acids is 3. The summed E-state index contributed by atoms with van der Waals surface area (Å²) in [6, 6.07) is 11.3. The lowest BCUT2D eigenvalue weighted by atomic mass is 10.1. The van der Waals surface area contributed by atoms with Gasteiger partial charge in [-0.3, -0.25) is 19.3 Å². The summed E-state index contributed by atoms with van der Waals surface area (Å²) in [5.41, 5.74) is 1.26. The van der Waals surface area contributed by atoms with Gasteiger partial charge in [-0.1, -0.05) is 23.2 Å². The molecule has 0 bridgehead atoms. The lowest BCUT2D eigenvalue weighted by Gasteiger charge is -2.14. The van der Waals surface area contributed by atoms with Crippen LogP contribution in [0.15, 0.2) is 58.3 Å². The molecule has 0 spiro atoms. The second kappa shape index (κ2) is 11.8. The van der Waals surface area contributed by atoms with Crippen molar-refractivity contribution < 1.29 is 41.2 Å². The molecule has 5 rings (SSSR count). The summed E-state index contributed by atoms with van der Waals surface area (Å²) < 4.78 is 47.1. The predicted octanol–water partition coefficient (Wildman–Crippen LogP) is 5.69. The Bertz CT molecular complexity index is 1760. The summed E-state index contributed by atoms with van der Waals surface area (Å²) in [6.45, 7) is 1.29. The molecule has 0 atom stereocenters. The Morgan fingerprint density at radius 1 is 1.07 bits per heavy atom. The number of halogens is 2. The number of thioether (sulfide) groups is 1. The zero-order chi connectivity index (χ0) is 30.2. The van der Waals surface area contributed by atoms with Crippen LogP contribution in [0.25, 0.3) is 6.08 Å². The number of imide groups is 1. The summed E-state index contributed by atoms with van der Waals surface area (Å²) in [5.74, 6) is -0.225. The van der Waals surface area contributed by atoms with E-state index in [0.29, 0.717) is 33.3 Å². The average Bonchev–Trinajstić information content (AvgIpc) is 3.49. The molecule has 0 aliphatic carbocycles. The molecule has 42 heavy (non-hydrogen) atoms. The van der Waals surface area contributed by atoms with Crippen LogP contribution in [0.3, 0.4) is 0 Å². The molecule has 0 aromatic heterocycles. The van der Waals surface area contributed by atoms with Gasteiger partial charge in [0.15, 0.2) is 17.2 Å². The quantitative estimate of drug-likeness (QED) is 0.239. The van der Waals surface area contributed by atoms with Crippen molar-refractivity contribution in [2.24, 2.45) is 0 Å². The van der Waals surface area contributed by atoms with Crippen LogP contribution in [0.2, 0.25) is 10.0 Å². The van der Waals surface area contributed by atoms with E-state index in [2.05, 4.69) is 5.32 Å². The normalized spacial score (nSPS) is 15.3. The highest BCUT2D eigenvalue weighted by atomic mass is 35.5. The van der Waals surface area contributed by atoms with Gasteiger partial charge in [0.2, 0.25) is 18.4 Å². The topological polar surface area (TPSA) is 138 Å². The van der Waals surface area contributed by atoms with Crippen LogP contribution in [0.4, 0.5) is 10.5 Å². The molecule has 2 aliphatic heterocycles. The van der Waals surface area contributed by atoms with Crippen LogP contribution in [-0.2, 0) is 26.3 Å². The van der Waals surface area contributed by atoms with Crippen LogP contribution >= 0.6 is 35.0 Å². The number of rotatable bonds is 8. The van der Waals surface area contributed by atoms with Crippen LogP contribution < -0.4 is 23.7 Å². The molecule has 1 saturated heterocycles. The molecule has 3 aromatic rings. The third-order valence-corrected chi connectivity index (χ3v) is 8.73. The smallest absolute Gasteiger partial charge is 0.339 e. The van der Waals surface area contributed by atoms with Crippen LogP contribution in [-0.4, -0.2) is 44.3 Å². The maximum atomic E-state index is 13.1. The van der Waals surface area contributed by atoms with Gasteiger partial charge in [-0.05, 0) is 71.4 Å². The highest BCUT2D eigenvalue weighted by molar-refractivity contribution is 8.18. The molecule has 0 saturated carbocycles. The molecule has 1 N–H and O–H groups in total. The van der Waals surface area contributed by atoms with E-state index in [-0.39, 0.29) is 45.6 Å². The Morgan fingerprint density at radius 3 is 2.43 bits per heavy atom. The summed E-state index contributed by atoms with van der Waals surface area (Å²) in [4.78, 5) is 38.0. The van der Waals surface area contributed by atoms with E-state index in [1.165, 1.54) is 56.5 Å². The van der Waals surface area contributed by atoms with Crippen molar-refractivity contribution in [3.05, 3.63) is 74.6 Å². The van der Waals surface area contributed by atoms with E-state index >= 15 is 0 Å². The Kier molecular flexibility index (Phi) is 8.28. The lowest BCUT2D eigenvalue weighted by Crippen LogP contribution is -2.27. The maximum absolute atomic E-state index is 13.1. The minimum absolute atomic E-state index is 0.0291. The standard InChI is InChI=1S/C27H20Cl2N2O9S2/c1-14(32)30-17-3-5-18(6-4-17)42(35,36)40-25-20(29)7-15(8-23(25)37-2)9-24-26(33)31(27(34)41-24)12-16-10-21-22(11-19(16)28)39-13-38-21/h3-11H,12-13H2,1-2H3,(H,30,32)/b24-9-. The Balaban J connectivity index is 1.36. The largest absolute Gasteiger partial charge is 0.493 e. The molecule has 218 valence electrons. The highest BCUT2D eigenvalue weighted by Crippen LogP contribution is 2.42. The van der Waals surface area contributed by atoms with Crippen molar-refractivity contribution in [3.63, 3.8) is 0 Å². The minimum Gasteiger partial charge on any atom is -0.493 e. The molecule has 1 fully saturated rings. The molecular weight excluding hydrogens is 631 g/mol. The fourth-order valence-electron chi connectivity index (χ4n) is 4.01. The SMILES string of the molecule is COc1cc(/C=C2\SC(=O)N(Cc3cc4c(cc3Cl)OCO4)C2=O)cc(Cl)c1OS(=O)(=O)c1ccc(NC(C)=O)cc1. The molecule has 0 unspecified atom stereocenters. The van der Waals surface area contributed by atoms with Crippen molar-refractivity contribution in [1.29, 1.82) is 0 Å². The van der Waals surface area contributed by atoms with E-state index in [9.17, 15) is 22.8 Å². The van der Waals surface area contributed by atoms with Crippen LogP contribution in [0, 0.1) is 0 Å². The molecule has 3 aromatic carbocycles. The number of amides is 3. The van der Waals surface area contributed by atoms with Gasteiger partial charge in [0.1, 0.15) is 4.90 Å². The molecule has 2 aliphatic rings. The zero-order valence-corrected chi connectivity index (χ0v) is 24.9. The van der Waals surface area contributed by atoms with Crippen LogP contribution in [0.1, 0.15) is 18.1 Å². The van der Waals surface area contributed by atoms with E-state index < -0.39 is 21.3 Å². The first kappa shape index (κ1) is 29.6. The number of carbonyl (C=O) groups is 3. The number of methoxy groups -OCH3 is 1. The van der Waals surface area contributed by atoms with Gasteiger partial charge >= 0.3 is 10.1 Å². The molecule has 15 heteroatoms. The maximum Gasteiger partial charge on any atom is 0.339 e. The number of nitrogens with zero attached hydrogens (tertiary/aromatic N) is 1. The first-order chi connectivity index (χ1) is 19.9. The number of fused-ring (bicyclic) bond motifs is 1. The van der Waals surface area contributed by atoms with Gasteiger partial charge in [0.25, 0.3) is 11.1 Å². The van der Waals surface area contributed by atoms with Gasteiger partial charge in [0, 0.05) is 23.7 Å². The minimum atomic E-state index is -4.34. The number of ether oxygens (including phenoxy) is 3. The summed E-state index contributed by atoms with van der Waals surface area (Å²) in [7, 11) is -3.05. The van der Waals surface area contributed by atoms with Crippen molar-refractivity contribution in [3.8, 4) is 23.0 Å². The zero-order valence-electron chi connectivity index (χ0n) is 21.8. The molecular formula is C27H20Cl2N2O9S2. The number of nitrogens with one attached hydrogen (secondary N) is 1. The first-order valence-electron chi connectivity index (χ1n) is 12.0. The monoisotopic (exact) mass is 650 g/mol. The Morgan fingerprint density at radius 2 is 1.76 bits per heavy atom. The molecule has 11 nitrogen and oxygen atoms in total. The van der Waals surface area contributed by atoms with Gasteiger partial charge in [-0.2, -0.15) is 8.42 Å². The predicted molar refractivity (Wildman–Crippen MR) is 156 cm³/mol. The Labute approximate surface area is 254 Å². The fraction of sp³-hybridized carbons (Fsp3) is 0.148. The number of hydrogen-bond acceptors (Lipinski definition) is 10. The van der Waals surface area contributed by atoms with Crippen molar-refractivity contribution in [2.75, 3.05) is 19.2 Å². The van der Waals surface area contributed by atoms with Crippen molar-refractivity contribution in [2.45, 2.75) is 18.4 Å². The number of hydrogen-bond donors (Lipinski definition) is 1. The van der Waals surface area contributed by atoms with Gasteiger partial charge in [-0.25, -0.2) is 0 Å². The molecule has 0 radical (unpaired) electrons. The summed E-state index contributed by atoms with van der Waals surface area (Å²) >= 11 is 13.4. The second-order valence-corrected chi connectivity index (χ2v) is 12.2. The second-order valence-electron chi connectivity index (χ2n) is 8.84. The van der Waals surface area contributed by atoms with Gasteiger partial charge in [-0.15, -0.1) is 0 Å². The number of benzene rings is 3. The number of anilines is 1. The van der Waals surface area contributed by atoms with E-state index in [1.54, 1.807) is 12.1 Å². The molecule has 2 heterocycles. The van der Waals surface area contributed by atoms with E-state index in [1.807, 2.05) is 0 Å². The third-order valence-electron chi connectivity index (χ3n) is 5.95. The fourth-order valence-corrected chi connectivity index (χ4v) is 6.32. The summed E-state index contributed by atoms with van der Waals surface area (Å²) in [5, 5.41) is 2.23. The third kappa shape index (κ3) is 6.14. The van der Waals surface area contributed by atoms with Gasteiger partial charge < -0.3 is 23.7 Å². The summed E-state index contributed by atoms with van der Waals surface area (Å²) in [6.07, 6.45) is 1.43. The van der Waals surface area contributed by atoms with Crippen molar-refractivity contribution in [1.82, 2.24) is 4.90 Å². The van der Waals surface area contributed by atoms with Crippen LogP contribution in [0.5, 0.6) is 23.0 Å². The Hall–Kier alpha value is -3.91. The highest BCUT2D eigenvalue weighted by Gasteiger charge is 2.36. The lowest BCUT2D eigenvalue weighted by molar-refractivity contribution is -0.123. The first-order valence-corrected chi connectivity index (χ1v) is 15.0. The van der Waals surface area contributed by atoms with E-state index in [0.717, 1.165) is 16.7 Å². The van der Waals surface area contributed by atoms with Gasteiger partial charge in [0.05, 0.1) is 23.6 Å². The molecule has 3 amide bonds. The van der Waals surface area contributed by atoms with Crippen molar-refractivity contribution >= 4 is 73.9 Å². The van der Waals surface area contributed by atoms with E-state index in [4.69, 9.17) is 41.6 Å². The average molecular weight is 652 g/mol.